The Bertz CT molecular complexity index is 1750. The predicted octanol–water partition coefficient (Wildman–Crippen LogP) is 10.9. The zero-order valence-electron chi connectivity index (χ0n) is 28.6. The van der Waals surface area contributed by atoms with E-state index in [9.17, 15) is 5.11 Å². The van der Waals surface area contributed by atoms with Crippen LogP contribution >= 0.6 is 0 Å². The van der Waals surface area contributed by atoms with Gasteiger partial charge in [-0.1, -0.05) is 141 Å². The molecule has 1 N–H and O–H groups in total. The highest BCUT2D eigenvalue weighted by molar-refractivity contribution is 5.81. The van der Waals surface area contributed by atoms with Crippen molar-refractivity contribution in [3.63, 3.8) is 0 Å². The molecule has 4 aromatic rings. The molecule has 0 bridgehead atoms. The Morgan fingerprint density at radius 1 is 0.711 bits per heavy atom. The van der Waals surface area contributed by atoms with Crippen molar-refractivity contribution >= 4 is 11.8 Å². The van der Waals surface area contributed by atoms with Crippen LogP contribution in [0, 0.1) is 6.92 Å². The smallest absolute Gasteiger partial charge is 0.279 e. The molecular formula is C42H48O3. The normalized spacial score (nSPS) is 19.7. The van der Waals surface area contributed by atoms with Crippen LogP contribution < -0.4 is 4.74 Å². The zero-order chi connectivity index (χ0) is 32.5. The van der Waals surface area contributed by atoms with Crippen LogP contribution in [0.15, 0.2) is 78.9 Å². The molecule has 0 radical (unpaired) electrons. The maximum atomic E-state index is 11.6. The summed E-state index contributed by atoms with van der Waals surface area (Å²) in [5.41, 5.74) is 9.38. The minimum atomic E-state index is -1.03. The molecule has 0 aliphatic carbocycles. The third kappa shape index (κ3) is 5.67. The van der Waals surface area contributed by atoms with Crippen LogP contribution in [-0.2, 0) is 26.8 Å². The van der Waals surface area contributed by atoms with E-state index in [1.54, 1.807) is 0 Å². The molecule has 0 saturated heterocycles. The lowest BCUT2D eigenvalue weighted by atomic mass is 9.73. The fourth-order valence-corrected chi connectivity index (χ4v) is 6.74. The second-order valence-corrected chi connectivity index (χ2v) is 16.1. The molecule has 0 unspecified atom stereocenters. The maximum absolute atomic E-state index is 11.6. The van der Waals surface area contributed by atoms with E-state index in [0.29, 0.717) is 12.2 Å². The number of phenolic OH excluding ortho intramolecular Hbond substituents is 1. The maximum Gasteiger partial charge on any atom is 0.279 e. The lowest BCUT2D eigenvalue weighted by molar-refractivity contribution is -0.159. The van der Waals surface area contributed by atoms with Gasteiger partial charge in [-0.05, 0) is 63.1 Å². The summed E-state index contributed by atoms with van der Waals surface area (Å²) < 4.78 is 14.2. The Kier molecular flexibility index (Phi) is 7.27. The zero-order valence-corrected chi connectivity index (χ0v) is 28.6. The summed E-state index contributed by atoms with van der Waals surface area (Å²) in [5.74, 6) is 0.964. The number of aryl methyl sites for hydroxylation is 1. The summed E-state index contributed by atoms with van der Waals surface area (Å²) >= 11 is 0. The van der Waals surface area contributed by atoms with Gasteiger partial charge in [0.2, 0.25) is 0 Å². The Labute approximate surface area is 269 Å². The van der Waals surface area contributed by atoms with E-state index in [-0.39, 0.29) is 22.2 Å². The largest absolute Gasteiger partial charge is 0.507 e. The number of hydrogen-bond donors (Lipinski definition) is 1. The molecule has 0 amide bonds. The summed E-state index contributed by atoms with van der Waals surface area (Å²) in [7, 11) is 0. The lowest BCUT2D eigenvalue weighted by Gasteiger charge is -2.45. The highest BCUT2D eigenvalue weighted by Crippen LogP contribution is 2.55. The SMILES string of the molecule is Cc1ccc(C2=Cc3ccccc3[C@@]3(C[C@H](c4cc(C(C)(C)C)c(O)c(C(C)(C)C)c4)c4cc(C(C)(C)C)ccc4O3)O2)cc1. The van der Waals surface area contributed by atoms with Crippen LogP contribution in [0.5, 0.6) is 11.5 Å². The Morgan fingerprint density at radius 3 is 1.93 bits per heavy atom. The van der Waals surface area contributed by atoms with Crippen molar-refractivity contribution in [2.75, 3.05) is 0 Å². The molecule has 2 heterocycles. The third-order valence-corrected chi connectivity index (χ3v) is 9.42. The molecule has 234 valence electrons. The number of aromatic hydroxyl groups is 1. The molecule has 2 aliphatic heterocycles. The number of ether oxygens (including phenoxy) is 2. The first-order chi connectivity index (χ1) is 21.0. The van der Waals surface area contributed by atoms with Crippen LogP contribution in [-0.4, -0.2) is 5.11 Å². The van der Waals surface area contributed by atoms with Gasteiger partial charge in [0, 0.05) is 29.0 Å². The van der Waals surface area contributed by atoms with Crippen LogP contribution in [0.3, 0.4) is 0 Å². The van der Waals surface area contributed by atoms with Crippen molar-refractivity contribution in [1.29, 1.82) is 0 Å². The van der Waals surface area contributed by atoms with Gasteiger partial charge >= 0.3 is 0 Å². The van der Waals surface area contributed by atoms with Gasteiger partial charge in [0.05, 0.1) is 0 Å². The van der Waals surface area contributed by atoms with E-state index in [1.165, 1.54) is 16.7 Å². The minimum Gasteiger partial charge on any atom is -0.507 e. The molecular weight excluding hydrogens is 552 g/mol. The van der Waals surface area contributed by atoms with E-state index < -0.39 is 5.79 Å². The first-order valence-electron chi connectivity index (χ1n) is 16.2. The van der Waals surface area contributed by atoms with E-state index >= 15 is 0 Å². The molecule has 0 aromatic heterocycles. The van der Waals surface area contributed by atoms with Gasteiger partial charge in [0.1, 0.15) is 17.3 Å². The lowest BCUT2D eigenvalue weighted by Crippen LogP contribution is -2.43. The fraction of sp³-hybridized carbons (Fsp3) is 0.381. The van der Waals surface area contributed by atoms with Gasteiger partial charge in [-0.15, -0.1) is 0 Å². The van der Waals surface area contributed by atoms with Crippen molar-refractivity contribution < 1.29 is 14.6 Å². The summed E-state index contributed by atoms with van der Waals surface area (Å²) in [6.07, 6.45) is 2.73. The third-order valence-electron chi connectivity index (χ3n) is 9.42. The highest BCUT2D eigenvalue weighted by atomic mass is 16.7. The number of phenols is 1. The molecule has 2 atom stereocenters. The summed E-state index contributed by atoms with van der Waals surface area (Å²) in [4.78, 5) is 0. The molecule has 45 heavy (non-hydrogen) atoms. The van der Waals surface area contributed by atoms with Crippen molar-refractivity contribution in [3.05, 3.63) is 129 Å². The predicted molar refractivity (Wildman–Crippen MR) is 186 cm³/mol. The van der Waals surface area contributed by atoms with E-state index in [4.69, 9.17) is 9.47 Å². The second kappa shape index (κ2) is 10.5. The summed E-state index contributed by atoms with van der Waals surface area (Å²) in [5, 5.41) is 11.6. The van der Waals surface area contributed by atoms with Crippen molar-refractivity contribution in [2.45, 2.75) is 104 Å². The van der Waals surface area contributed by atoms with Gasteiger partial charge in [-0.3, -0.25) is 0 Å². The second-order valence-electron chi connectivity index (χ2n) is 16.1. The number of fused-ring (bicyclic) bond motifs is 3. The molecule has 4 aromatic carbocycles. The van der Waals surface area contributed by atoms with Crippen molar-refractivity contribution in [1.82, 2.24) is 0 Å². The summed E-state index contributed by atoms with van der Waals surface area (Å²) in [6.45, 7) is 21.9. The Hall–Kier alpha value is -3.98. The number of hydrogen-bond acceptors (Lipinski definition) is 3. The minimum absolute atomic E-state index is 0.0217. The van der Waals surface area contributed by atoms with Crippen molar-refractivity contribution in [2.24, 2.45) is 0 Å². The summed E-state index contributed by atoms with van der Waals surface area (Å²) in [6, 6.07) is 28.1. The van der Waals surface area contributed by atoms with Gasteiger partial charge in [-0.2, -0.15) is 0 Å². The van der Waals surface area contributed by atoms with Gasteiger partial charge < -0.3 is 14.6 Å². The van der Waals surface area contributed by atoms with Crippen LogP contribution in [0.2, 0.25) is 0 Å². The fourth-order valence-electron chi connectivity index (χ4n) is 6.74. The molecule has 6 rings (SSSR count). The van der Waals surface area contributed by atoms with Crippen LogP contribution in [0.4, 0.5) is 0 Å². The molecule has 0 saturated carbocycles. The average molecular weight is 601 g/mol. The van der Waals surface area contributed by atoms with E-state index in [0.717, 1.165) is 44.9 Å². The topological polar surface area (TPSA) is 38.7 Å². The van der Waals surface area contributed by atoms with Gasteiger partial charge in [-0.25, -0.2) is 0 Å². The molecule has 1 spiro atoms. The first-order valence-corrected chi connectivity index (χ1v) is 16.2. The highest BCUT2D eigenvalue weighted by Gasteiger charge is 2.49. The van der Waals surface area contributed by atoms with Crippen LogP contribution in [0.25, 0.3) is 11.8 Å². The van der Waals surface area contributed by atoms with E-state index in [2.05, 4.69) is 154 Å². The molecule has 0 fully saturated rings. The van der Waals surface area contributed by atoms with Gasteiger partial charge in [0.25, 0.3) is 5.79 Å². The molecule has 2 aliphatic rings. The van der Waals surface area contributed by atoms with Crippen molar-refractivity contribution in [3.8, 4) is 11.5 Å². The van der Waals surface area contributed by atoms with E-state index in [1.807, 2.05) is 0 Å². The Morgan fingerprint density at radius 2 is 1.33 bits per heavy atom. The quantitative estimate of drug-likeness (QED) is 0.249. The number of benzene rings is 4. The average Bonchev–Trinajstić information content (AvgIpc) is 2.95. The van der Waals surface area contributed by atoms with Gasteiger partial charge in [0.15, 0.2) is 0 Å². The van der Waals surface area contributed by atoms with Crippen LogP contribution in [0.1, 0.15) is 125 Å². The Balaban J connectivity index is 1.60. The molecule has 3 heteroatoms. The first kappa shape index (κ1) is 31.0. The molecule has 3 nitrogen and oxygen atoms in total. The monoisotopic (exact) mass is 600 g/mol. The number of rotatable bonds is 2. The standard InChI is InChI=1S/C42H48O3/c1-26-15-17-27(18-16-26)37-23-28-13-11-12-14-33(28)42(45-37)25-32(31-24-30(39(2,3)4)19-20-36(31)44-42)29-21-34(40(5,6)7)38(43)35(22-29)41(8,9)10/h11-24,32,43H,25H2,1-10H3/t32-,42-/m1/s1.